The fraction of sp³-hybridized carbons (Fsp3) is 0.333. The van der Waals surface area contributed by atoms with Crippen molar-refractivity contribution < 1.29 is 5.11 Å². The molecule has 82 valence electrons. The normalized spacial score (nSPS) is 11.1. The maximum atomic E-state index is 8.96. The molecule has 0 aromatic heterocycles. The Labute approximate surface area is 95.6 Å². The molecule has 1 rings (SSSR count). The highest BCUT2D eigenvalue weighted by Gasteiger charge is 1.93. The Hall–Kier alpha value is -0.830. The second-order valence-electron chi connectivity index (χ2n) is 3.23. The Kier molecular flexibility index (Phi) is 6.09. The van der Waals surface area contributed by atoms with Crippen molar-refractivity contribution in [1.82, 2.24) is 5.32 Å². The number of rotatable bonds is 6. The van der Waals surface area contributed by atoms with Crippen LogP contribution in [0.25, 0.3) is 0 Å². The molecule has 0 aliphatic heterocycles. The van der Waals surface area contributed by atoms with Crippen LogP contribution in [0.5, 0.6) is 0 Å². The molecule has 0 atom stereocenters. The topological polar surface area (TPSA) is 32.3 Å². The maximum absolute atomic E-state index is 8.96. The van der Waals surface area contributed by atoms with Gasteiger partial charge in [-0.3, -0.25) is 0 Å². The first-order chi connectivity index (χ1) is 7.36. The van der Waals surface area contributed by atoms with Gasteiger partial charge in [0.1, 0.15) is 0 Å². The largest absolute Gasteiger partial charge is 0.392 e. The van der Waals surface area contributed by atoms with Crippen molar-refractivity contribution in [3.05, 3.63) is 47.5 Å². The number of hydrogen-bond acceptors (Lipinski definition) is 2. The minimum absolute atomic E-state index is 0.0972. The smallest absolute Gasteiger partial charge is 0.0681 e. The van der Waals surface area contributed by atoms with Crippen LogP contribution < -0.4 is 5.32 Å². The number of benzene rings is 1. The monoisotopic (exact) mass is 225 g/mol. The Morgan fingerprint density at radius 1 is 1.27 bits per heavy atom. The molecule has 0 amide bonds. The lowest BCUT2D eigenvalue weighted by Crippen LogP contribution is -2.12. The molecule has 2 nitrogen and oxygen atoms in total. The first kappa shape index (κ1) is 12.2. The Bertz CT molecular complexity index is 312. The van der Waals surface area contributed by atoms with Gasteiger partial charge in [0.15, 0.2) is 0 Å². The zero-order chi connectivity index (χ0) is 10.9. The molecule has 0 fully saturated rings. The van der Waals surface area contributed by atoms with E-state index in [1.165, 1.54) is 5.56 Å². The molecule has 0 aliphatic rings. The maximum Gasteiger partial charge on any atom is 0.0681 e. The summed E-state index contributed by atoms with van der Waals surface area (Å²) in [6, 6.07) is 7.91. The fourth-order valence-electron chi connectivity index (χ4n) is 1.28. The van der Waals surface area contributed by atoms with Crippen molar-refractivity contribution in [2.45, 2.75) is 13.2 Å². The number of halogens is 1. The van der Waals surface area contributed by atoms with Crippen molar-refractivity contribution in [3.63, 3.8) is 0 Å². The van der Waals surface area contributed by atoms with E-state index in [0.717, 1.165) is 18.7 Å². The summed E-state index contributed by atoms with van der Waals surface area (Å²) in [4.78, 5) is 0. The molecule has 0 saturated carbocycles. The summed E-state index contributed by atoms with van der Waals surface area (Å²) in [5.74, 6) is 0.557. The van der Waals surface area contributed by atoms with E-state index in [9.17, 15) is 0 Å². The number of allylic oxidation sites excluding steroid dienone is 1. The van der Waals surface area contributed by atoms with Crippen LogP contribution in [-0.2, 0) is 13.2 Å². The molecule has 0 unspecified atom stereocenters. The Balaban J connectivity index is 2.33. The van der Waals surface area contributed by atoms with Crippen LogP contribution in [0.2, 0.25) is 0 Å². The van der Waals surface area contributed by atoms with Crippen LogP contribution in [0.1, 0.15) is 11.1 Å². The average molecular weight is 226 g/mol. The van der Waals surface area contributed by atoms with E-state index in [1.807, 2.05) is 36.4 Å². The number of alkyl halides is 1. The summed E-state index contributed by atoms with van der Waals surface area (Å²) >= 11 is 5.49. The molecule has 0 bridgehead atoms. The van der Waals surface area contributed by atoms with Gasteiger partial charge in [-0.1, -0.05) is 36.4 Å². The zero-order valence-corrected chi connectivity index (χ0v) is 9.37. The van der Waals surface area contributed by atoms with E-state index in [2.05, 4.69) is 5.32 Å². The lowest BCUT2D eigenvalue weighted by atomic mass is 10.1. The van der Waals surface area contributed by atoms with E-state index in [4.69, 9.17) is 16.7 Å². The second-order valence-corrected chi connectivity index (χ2v) is 3.54. The third-order valence-corrected chi connectivity index (χ3v) is 2.20. The van der Waals surface area contributed by atoms with Crippen molar-refractivity contribution in [3.8, 4) is 0 Å². The summed E-state index contributed by atoms with van der Waals surface area (Å²) in [5.41, 5.74) is 2.13. The highest BCUT2D eigenvalue weighted by Crippen LogP contribution is 2.04. The highest BCUT2D eigenvalue weighted by molar-refractivity contribution is 6.18. The number of aliphatic hydroxyl groups is 1. The van der Waals surface area contributed by atoms with E-state index in [1.54, 1.807) is 0 Å². The van der Waals surface area contributed by atoms with E-state index >= 15 is 0 Å². The van der Waals surface area contributed by atoms with Crippen LogP contribution in [0, 0.1) is 0 Å². The van der Waals surface area contributed by atoms with Crippen LogP contribution >= 0.6 is 11.6 Å². The van der Waals surface area contributed by atoms with Gasteiger partial charge in [-0.25, -0.2) is 0 Å². The van der Waals surface area contributed by atoms with Crippen LogP contribution in [0.4, 0.5) is 0 Å². The first-order valence-electron chi connectivity index (χ1n) is 4.97. The van der Waals surface area contributed by atoms with Gasteiger partial charge >= 0.3 is 0 Å². The van der Waals surface area contributed by atoms with Gasteiger partial charge in [-0.05, 0) is 11.1 Å². The second kappa shape index (κ2) is 7.46. The third-order valence-electron chi connectivity index (χ3n) is 2.02. The molecule has 15 heavy (non-hydrogen) atoms. The highest BCUT2D eigenvalue weighted by atomic mass is 35.5. The summed E-state index contributed by atoms with van der Waals surface area (Å²) in [5, 5.41) is 12.2. The third kappa shape index (κ3) is 4.98. The molecule has 1 aromatic rings. The predicted octanol–water partition coefficient (Wildman–Crippen LogP) is 2.06. The van der Waals surface area contributed by atoms with E-state index < -0.39 is 0 Å². The Morgan fingerprint density at radius 3 is 2.80 bits per heavy atom. The Morgan fingerprint density at radius 2 is 2.07 bits per heavy atom. The quantitative estimate of drug-likeness (QED) is 0.441. The summed E-state index contributed by atoms with van der Waals surface area (Å²) in [6.07, 6.45) is 3.92. The van der Waals surface area contributed by atoms with E-state index in [-0.39, 0.29) is 6.61 Å². The van der Waals surface area contributed by atoms with Gasteiger partial charge in [0.05, 0.1) is 6.61 Å². The van der Waals surface area contributed by atoms with Gasteiger partial charge in [-0.2, -0.15) is 0 Å². The van der Waals surface area contributed by atoms with Crippen molar-refractivity contribution in [2.75, 3.05) is 12.4 Å². The molecule has 0 heterocycles. The van der Waals surface area contributed by atoms with Gasteiger partial charge in [0, 0.05) is 19.0 Å². The minimum Gasteiger partial charge on any atom is -0.392 e. The summed E-state index contributed by atoms with van der Waals surface area (Å²) in [6.45, 7) is 1.72. The van der Waals surface area contributed by atoms with Gasteiger partial charge in [0.25, 0.3) is 0 Å². The average Bonchev–Trinajstić information content (AvgIpc) is 2.29. The molecule has 0 saturated heterocycles. The molecule has 1 aromatic carbocycles. The predicted molar refractivity (Wildman–Crippen MR) is 63.9 cm³/mol. The fourth-order valence-corrected chi connectivity index (χ4v) is 1.41. The van der Waals surface area contributed by atoms with Crippen molar-refractivity contribution >= 4 is 11.6 Å². The molecule has 2 N–H and O–H groups in total. The number of aliphatic hydroxyl groups excluding tert-OH is 1. The lowest BCUT2D eigenvalue weighted by molar-refractivity contribution is 0.281. The van der Waals surface area contributed by atoms with Crippen molar-refractivity contribution in [2.24, 2.45) is 0 Å². The molecule has 0 spiro atoms. The van der Waals surface area contributed by atoms with Gasteiger partial charge in [0.2, 0.25) is 0 Å². The summed E-state index contributed by atoms with van der Waals surface area (Å²) < 4.78 is 0. The molecule has 0 radical (unpaired) electrons. The summed E-state index contributed by atoms with van der Waals surface area (Å²) in [7, 11) is 0. The van der Waals surface area contributed by atoms with Crippen molar-refractivity contribution in [1.29, 1.82) is 0 Å². The number of nitrogens with one attached hydrogen (secondary N) is 1. The van der Waals surface area contributed by atoms with Crippen LogP contribution in [0.15, 0.2) is 36.4 Å². The minimum atomic E-state index is 0.0972. The van der Waals surface area contributed by atoms with Crippen LogP contribution in [-0.4, -0.2) is 17.5 Å². The van der Waals surface area contributed by atoms with Gasteiger partial charge in [-0.15, -0.1) is 11.6 Å². The SMILES string of the molecule is OCc1cccc(CNC/C=C/CCl)c1. The molecule has 3 heteroatoms. The van der Waals surface area contributed by atoms with E-state index in [0.29, 0.717) is 5.88 Å². The van der Waals surface area contributed by atoms with Crippen LogP contribution in [0.3, 0.4) is 0 Å². The van der Waals surface area contributed by atoms with Gasteiger partial charge < -0.3 is 10.4 Å². The number of hydrogen-bond donors (Lipinski definition) is 2. The zero-order valence-electron chi connectivity index (χ0n) is 8.62. The molecular formula is C12H16ClNO. The standard InChI is InChI=1S/C12H16ClNO/c13-6-1-2-7-14-9-11-4-3-5-12(8-11)10-15/h1-5,8,14-15H,6-7,9-10H2/b2-1+. The molecular weight excluding hydrogens is 210 g/mol. The first-order valence-corrected chi connectivity index (χ1v) is 5.50. The lowest BCUT2D eigenvalue weighted by Gasteiger charge is -2.03. The molecule has 0 aliphatic carbocycles.